The SMILES string of the molecule is COc1cc(Cl)c(C)cc1NC(=O)[C@H](C)OC(=O)COc1cccc(Cl)c1. The Morgan fingerprint density at radius 1 is 1.19 bits per heavy atom. The highest BCUT2D eigenvalue weighted by atomic mass is 35.5. The number of methoxy groups -OCH3 is 1. The summed E-state index contributed by atoms with van der Waals surface area (Å²) in [5.41, 5.74) is 1.20. The maximum absolute atomic E-state index is 12.3. The Balaban J connectivity index is 1.91. The van der Waals surface area contributed by atoms with Crippen LogP contribution in [-0.2, 0) is 14.3 Å². The molecular weight excluding hydrogens is 393 g/mol. The van der Waals surface area contributed by atoms with E-state index in [2.05, 4.69) is 5.32 Å². The molecule has 0 fully saturated rings. The second-order valence-electron chi connectivity index (χ2n) is 5.67. The van der Waals surface area contributed by atoms with Gasteiger partial charge in [-0.05, 0) is 43.7 Å². The van der Waals surface area contributed by atoms with E-state index in [0.29, 0.717) is 27.2 Å². The van der Waals surface area contributed by atoms with Gasteiger partial charge >= 0.3 is 5.97 Å². The first-order valence-corrected chi connectivity index (χ1v) is 8.78. The number of hydrogen-bond acceptors (Lipinski definition) is 5. The first kappa shape index (κ1) is 20.9. The van der Waals surface area contributed by atoms with Crippen molar-refractivity contribution in [1.29, 1.82) is 0 Å². The third-order valence-corrected chi connectivity index (χ3v) is 4.21. The van der Waals surface area contributed by atoms with Gasteiger partial charge in [-0.2, -0.15) is 0 Å². The van der Waals surface area contributed by atoms with Crippen molar-refractivity contribution >= 4 is 40.8 Å². The summed E-state index contributed by atoms with van der Waals surface area (Å²) < 4.78 is 15.6. The van der Waals surface area contributed by atoms with Gasteiger partial charge in [0, 0.05) is 16.1 Å². The Kier molecular flexibility index (Phi) is 7.33. The number of nitrogens with one attached hydrogen (secondary N) is 1. The number of esters is 1. The maximum atomic E-state index is 12.3. The molecule has 0 aliphatic carbocycles. The van der Waals surface area contributed by atoms with Crippen LogP contribution in [0.4, 0.5) is 5.69 Å². The summed E-state index contributed by atoms with van der Waals surface area (Å²) in [6.45, 7) is 2.91. The lowest BCUT2D eigenvalue weighted by molar-refractivity contribution is -0.155. The third kappa shape index (κ3) is 6.05. The van der Waals surface area contributed by atoms with E-state index in [1.165, 1.54) is 14.0 Å². The fourth-order valence-corrected chi connectivity index (χ4v) is 2.48. The molecule has 1 amide bonds. The van der Waals surface area contributed by atoms with Gasteiger partial charge in [0.25, 0.3) is 5.91 Å². The molecule has 27 heavy (non-hydrogen) atoms. The lowest BCUT2D eigenvalue weighted by Crippen LogP contribution is -2.31. The van der Waals surface area contributed by atoms with E-state index in [-0.39, 0.29) is 6.61 Å². The van der Waals surface area contributed by atoms with Crippen LogP contribution in [-0.4, -0.2) is 31.7 Å². The number of halogens is 2. The monoisotopic (exact) mass is 411 g/mol. The van der Waals surface area contributed by atoms with Crippen molar-refractivity contribution in [2.24, 2.45) is 0 Å². The number of aryl methyl sites for hydroxylation is 1. The zero-order valence-corrected chi connectivity index (χ0v) is 16.6. The van der Waals surface area contributed by atoms with Crippen molar-refractivity contribution in [2.45, 2.75) is 20.0 Å². The summed E-state index contributed by atoms with van der Waals surface area (Å²) >= 11 is 11.9. The number of amides is 1. The molecule has 0 heterocycles. The van der Waals surface area contributed by atoms with E-state index in [0.717, 1.165) is 5.56 Å². The molecule has 0 aliphatic heterocycles. The van der Waals surface area contributed by atoms with Crippen molar-refractivity contribution in [3.63, 3.8) is 0 Å². The van der Waals surface area contributed by atoms with Crippen LogP contribution < -0.4 is 14.8 Å². The lowest BCUT2D eigenvalue weighted by Gasteiger charge is -2.16. The Morgan fingerprint density at radius 2 is 1.93 bits per heavy atom. The van der Waals surface area contributed by atoms with Crippen molar-refractivity contribution < 1.29 is 23.8 Å². The van der Waals surface area contributed by atoms with Crippen LogP contribution in [0.1, 0.15) is 12.5 Å². The van der Waals surface area contributed by atoms with Crippen molar-refractivity contribution in [1.82, 2.24) is 0 Å². The predicted octanol–water partition coefficient (Wildman–Crippen LogP) is 4.26. The summed E-state index contributed by atoms with van der Waals surface area (Å²) in [6, 6.07) is 9.88. The van der Waals surface area contributed by atoms with Crippen LogP contribution in [0.25, 0.3) is 0 Å². The molecule has 8 heteroatoms. The van der Waals surface area contributed by atoms with Gasteiger partial charge in [0.1, 0.15) is 11.5 Å². The normalized spacial score (nSPS) is 11.4. The maximum Gasteiger partial charge on any atom is 0.344 e. The molecule has 1 atom stereocenters. The molecule has 0 saturated carbocycles. The molecule has 0 bridgehead atoms. The number of hydrogen-bond donors (Lipinski definition) is 1. The van der Waals surface area contributed by atoms with Gasteiger partial charge in [-0.25, -0.2) is 4.79 Å². The molecule has 0 radical (unpaired) electrons. The molecule has 2 rings (SSSR count). The Morgan fingerprint density at radius 3 is 2.59 bits per heavy atom. The zero-order chi connectivity index (χ0) is 20.0. The molecule has 0 saturated heterocycles. The molecular formula is C19H19Cl2NO5. The number of anilines is 1. The van der Waals surface area contributed by atoms with Gasteiger partial charge in [-0.15, -0.1) is 0 Å². The molecule has 1 N–H and O–H groups in total. The quantitative estimate of drug-likeness (QED) is 0.688. The molecule has 0 spiro atoms. The number of ether oxygens (including phenoxy) is 3. The first-order valence-electron chi connectivity index (χ1n) is 8.03. The van der Waals surface area contributed by atoms with E-state index in [9.17, 15) is 9.59 Å². The van der Waals surface area contributed by atoms with Gasteiger partial charge in [-0.1, -0.05) is 29.3 Å². The van der Waals surface area contributed by atoms with Gasteiger partial charge in [0.15, 0.2) is 12.7 Å². The van der Waals surface area contributed by atoms with Gasteiger partial charge in [0.05, 0.1) is 12.8 Å². The number of rotatable bonds is 7. The summed E-state index contributed by atoms with van der Waals surface area (Å²) in [5, 5.41) is 3.66. The average Bonchev–Trinajstić information content (AvgIpc) is 2.62. The molecule has 0 aliphatic rings. The Bertz CT molecular complexity index is 841. The van der Waals surface area contributed by atoms with E-state index >= 15 is 0 Å². The molecule has 2 aromatic carbocycles. The van der Waals surface area contributed by atoms with Crippen LogP contribution in [0.5, 0.6) is 11.5 Å². The van der Waals surface area contributed by atoms with E-state index in [1.807, 2.05) is 0 Å². The number of benzene rings is 2. The van der Waals surface area contributed by atoms with E-state index in [4.69, 9.17) is 37.4 Å². The standard InChI is InChI=1S/C19H19Cl2NO5/c1-11-7-16(17(25-3)9-15(11)21)22-19(24)12(2)27-18(23)10-26-14-6-4-5-13(20)8-14/h4-9,12H,10H2,1-3H3,(H,22,24)/t12-/m0/s1. The summed E-state index contributed by atoms with van der Waals surface area (Å²) in [4.78, 5) is 24.2. The molecule has 0 aromatic heterocycles. The van der Waals surface area contributed by atoms with Crippen LogP contribution in [0.2, 0.25) is 10.0 Å². The molecule has 0 unspecified atom stereocenters. The zero-order valence-electron chi connectivity index (χ0n) is 15.0. The average molecular weight is 412 g/mol. The van der Waals surface area contributed by atoms with Crippen LogP contribution in [0.15, 0.2) is 36.4 Å². The Labute approximate surface area is 167 Å². The highest BCUT2D eigenvalue weighted by Gasteiger charge is 2.20. The topological polar surface area (TPSA) is 73.9 Å². The predicted molar refractivity (Wildman–Crippen MR) is 104 cm³/mol. The largest absolute Gasteiger partial charge is 0.495 e. The fraction of sp³-hybridized carbons (Fsp3) is 0.263. The van der Waals surface area contributed by atoms with Crippen molar-refractivity contribution in [3.8, 4) is 11.5 Å². The molecule has 2 aromatic rings. The smallest absolute Gasteiger partial charge is 0.344 e. The van der Waals surface area contributed by atoms with Crippen molar-refractivity contribution in [3.05, 3.63) is 52.0 Å². The van der Waals surface area contributed by atoms with E-state index in [1.54, 1.807) is 43.3 Å². The Hall–Kier alpha value is -2.44. The molecule has 6 nitrogen and oxygen atoms in total. The molecule has 144 valence electrons. The summed E-state index contributed by atoms with van der Waals surface area (Å²) in [6.07, 6.45) is -1.03. The summed E-state index contributed by atoms with van der Waals surface area (Å²) in [5.74, 6) is -0.359. The fourth-order valence-electron chi connectivity index (χ4n) is 2.15. The second kappa shape index (κ2) is 9.48. The van der Waals surface area contributed by atoms with Crippen LogP contribution in [0, 0.1) is 6.92 Å². The third-order valence-electron chi connectivity index (χ3n) is 3.57. The number of carbonyl (C=O) groups excluding carboxylic acids is 2. The van der Waals surface area contributed by atoms with Crippen LogP contribution >= 0.6 is 23.2 Å². The van der Waals surface area contributed by atoms with Gasteiger partial charge in [0.2, 0.25) is 0 Å². The number of carbonyl (C=O) groups is 2. The van der Waals surface area contributed by atoms with Gasteiger partial charge in [-0.3, -0.25) is 4.79 Å². The second-order valence-corrected chi connectivity index (χ2v) is 6.51. The minimum absolute atomic E-state index is 0.346. The van der Waals surface area contributed by atoms with Gasteiger partial charge < -0.3 is 19.5 Å². The highest BCUT2D eigenvalue weighted by molar-refractivity contribution is 6.31. The van der Waals surface area contributed by atoms with Crippen LogP contribution in [0.3, 0.4) is 0 Å². The highest BCUT2D eigenvalue weighted by Crippen LogP contribution is 2.31. The lowest BCUT2D eigenvalue weighted by atomic mass is 10.2. The minimum Gasteiger partial charge on any atom is -0.495 e. The summed E-state index contributed by atoms with van der Waals surface area (Å²) in [7, 11) is 1.47. The first-order chi connectivity index (χ1) is 12.8. The van der Waals surface area contributed by atoms with E-state index < -0.39 is 18.0 Å². The minimum atomic E-state index is -1.03. The van der Waals surface area contributed by atoms with Crippen molar-refractivity contribution in [2.75, 3.05) is 19.0 Å².